The van der Waals surface area contributed by atoms with Gasteiger partial charge in [0.1, 0.15) is 17.6 Å². The molecule has 0 bridgehead atoms. The van der Waals surface area contributed by atoms with Gasteiger partial charge in [-0.1, -0.05) is 37.6 Å². The Hall–Kier alpha value is -3.98. The van der Waals surface area contributed by atoms with Crippen molar-refractivity contribution in [3.8, 4) is 11.3 Å². The van der Waals surface area contributed by atoms with Crippen molar-refractivity contribution in [2.75, 3.05) is 0 Å². The van der Waals surface area contributed by atoms with E-state index in [9.17, 15) is 19.7 Å². The molecular weight excluding hydrogens is 472 g/mol. The number of hydrogen-bond donors (Lipinski definition) is 2. The molecule has 35 heavy (non-hydrogen) atoms. The molecule has 0 aliphatic carbocycles. The number of non-ortho nitro benzene ring substituents is 1. The third-order valence-corrected chi connectivity index (χ3v) is 5.46. The van der Waals surface area contributed by atoms with Crippen molar-refractivity contribution < 1.29 is 18.9 Å². The lowest BCUT2D eigenvalue weighted by Crippen LogP contribution is -2.46. The number of nitro benzene ring substituents is 1. The second-order valence-electron chi connectivity index (χ2n) is 8.33. The Labute approximate surface area is 207 Å². The van der Waals surface area contributed by atoms with Gasteiger partial charge in [-0.25, -0.2) is 5.43 Å². The lowest BCUT2D eigenvalue weighted by Gasteiger charge is -2.19. The summed E-state index contributed by atoms with van der Waals surface area (Å²) in [7, 11) is 0. The molecule has 10 heteroatoms. The normalized spacial score (nSPS) is 12.0. The molecule has 0 spiro atoms. The zero-order chi connectivity index (χ0) is 25.5. The van der Waals surface area contributed by atoms with E-state index in [1.165, 1.54) is 18.3 Å². The van der Waals surface area contributed by atoms with Crippen LogP contribution >= 0.6 is 11.6 Å². The number of benzene rings is 2. The fourth-order valence-electron chi connectivity index (χ4n) is 3.43. The number of nitrogens with zero attached hydrogens (tertiary/aromatic N) is 2. The highest BCUT2D eigenvalue weighted by Crippen LogP contribution is 2.28. The third kappa shape index (κ3) is 6.77. The minimum absolute atomic E-state index is 0.000108. The number of carbonyl (C=O) groups excluding carboxylic acids is 2. The van der Waals surface area contributed by atoms with Gasteiger partial charge in [-0.05, 0) is 55.2 Å². The Bertz CT molecular complexity index is 1270. The first kappa shape index (κ1) is 25.6. The molecule has 2 amide bonds. The van der Waals surface area contributed by atoms with E-state index in [0.29, 0.717) is 34.1 Å². The molecule has 2 N–H and O–H groups in total. The van der Waals surface area contributed by atoms with Gasteiger partial charge in [0.05, 0.1) is 21.7 Å². The zero-order valence-corrected chi connectivity index (χ0v) is 20.2. The molecule has 0 saturated heterocycles. The van der Waals surface area contributed by atoms with Crippen molar-refractivity contribution in [1.82, 2.24) is 10.7 Å². The van der Waals surface area contributed by atoms with E-state index in [1.807, 2.05) is 13.8 Å². The molecule has 0 saturated carbocycles. The quantitative estimate of drug-likeness (QED) is 0.242. The van der Waals surface area contributed by atoms with Crippen molar-refractivity contribution >= 4 is 35.3 Å². The molecule has 1 aromatic heterocycles. The lowest BCUT2D eigenvalue weighted by atomic mass is 10.0. The van der Waals surface area contributed by atoms with Gasteiger partial charge in [-0.3, -0.25) is 19.7 Å². The predicted molar refractivity (Wildman–Crippen MR) is 133 cm³/mol. The number of carbonyl (C=O) groups is 2. The van der Waals surface area contributed by atoms with Crippen LogP contribution in [0.25, 0.3) is 11.3 Å². The Morgan fingerprint density at radius 2 is 1.91 bits per heavy atom. The maximum Gasteiger partial charge on any atom is 0.269 e. The number of nitro groups is 1. The predicted octanol–water partition coefficient (Wildman–Crippen LogP) is 5.11. The second kappa shape index (κ2) is 11.4. The van der Waals surface area contributed by atoms with Crippen molar-refractivity contribution in [3.63, 3.8) is 0 Å². The van der Waals surface area contributed by atoms with E-state index in [4.69, 9.17) is 16.0 Å². The summed E-state index contributed by atoms with van der Waals surface area (Å²) in [5.41, 5.74) is 4.12. The Kier molecular flexibility index (Phi) is 8.38. The number of hydrazone groups is 1. The summed E-state index contributed by atoms with van der Waals surface area (Å²) in [4.78, 5) is 35.8. The number of hydrogen-bond acceptors (Lipinski definition) is 6. The lowest BCUT2D eigenvalue weighted by molar-refractivity contribution is -0.384. The minimum atomic E-state index is -0.814. The van der Waals surface area contributed by atoms with Crippen LogP contribution in [0.15, 0.2) is 64.1 Å². The molecule has 0 aliphatic rings. The Balaban J connectivity index is 1.67. The van der Waals surface area contributed by atoms with Crippen LogP contribution in [0, 0.1) is 23.0 Å². The van der Waals surface area contributed by atoms with E-state index in [-0.39, 0.29) is 17.2 Å². The van der Waals surface area contributed by atoms with Crippen LogP contribution < -0.4 is 10.7 Å². The summed E-state index contributed by atoms with van der Waals surface area (Å²) < 4.78 is 5.74. The first-order chi connectivity index (χ1) is 16.7. The van der Waals surface area contributed by atoms with Gasteiger partial charge in [0, 0.05) is 17.7 Å². The molecule has 0 radical (unpaired) electrons. The fraction of sp³-hybridized carbons (Fsp3) is 0.240. The first-order valence-corrected chi connectivity index (χ1v) is 11.3. The third-order valence-electron chi connectivity index (χ3n) is 5.13. The van der Waals surface area contributed by atoms with Gasteiger partial charge in [-0.15, -0.1) is 0 Å². The maximum atomic E-state index is 12.7. The largest absolute Gasteiger partial charge is 0.455 e. The number of halogens is 1. The highest BCUT2D eigenvalue weighted by molar-refractivity contribution is 6.33. The van der Waals surface area contributed by atoms with Crippen LogP contribution in [0.4, 0.5) is 5.69 Å². The molecule has 182 valence electrons. The van der Waals surface area contributed by atoms with Crippen LogP contribution in [0.5, 0.6) is 0 Å². The molecule has 1 atom stereocenters. The standard InChI is InChI=1S/C25H25ClN4O5/c1-15(2)12-22(28-24(31)20-6-4-5-7-21(20)26)25(32)29-27-14-18-9-11-23(35-18)19-10-8-17(30(33)34)13-16(19)3/h4-11,13-15,22H,12H2,1-3H3,(H,28,31)(H,29,32)/b27-14-/t22-/m0/s1. The number of nitrogens with one attached hydrogen (secondary N) is 2. The van der Waals surface area contributed by atoms with Gasteiger partial charge in [0.15, 0.2) is 0 Å². The summed E-state index contributed by atoms with van der Waals surface area (Å²) >= 11 is 6.09. The molecular formula is C25H25ClN4O5. The van der Waals surface area contributed by atoms with E-state index >= 15 is 0 Å². The van der Waals surface area contributed by atoms with Crippen LogP contribution in [0.3, 0.4) is 0 Å². The fourth-order valence-corrected chi connectivity index (χ4v) is 3.65. The number of aryl methyl sites for hydroxylation is 1. The summed E-state index contributed by atoms with van der Waals surface area (Å²) in [6, 6.07) is 13.7. The second-order valence-corrected chi connectivity index (χ2v) is 8.74. The molecule has 0 fully saturated rings. The molecule has 0 aliphatic heterocycles. The van der Waals surface area contributed by atoms with E-state index in [0.717, 1.165) is 0 Å². The first-order valence-electron chi connectivity index (χ1n) is 10.9. The molecule has 2 aromatic carbocycles. The average molecular weight is 497 g/mol. The van der Waals surface area contributed by atoms with Crippen LogP contribution in [0.2, 0.25) is 5.02 Å². The van der Waals surface area contributed by atoms with E-state index in [2.05, 4.69) is 15.8 Å². The van der Waals surface area contributed by atoms with Gasteiger partial charge in [0.2, 0.25) is 0 Å². The SMILES string of the molecule is Cc1cc([N+](=O)[O-])ccc1-c1ccc(/C=N\NC(=O)[C@H](CC(C)C)NC(=O)c2ccccc2Cl)o1. The number of amides is 2. The highest BCUT2D eigenvalue weighted by Gasteiger charge is 2.23. The van der Waals surface area contributed by atoms with Gasteiger partial charge in [-0.2, -0.15) is 5.10 Å². The van der Waals surface area contributed by atoms with Crippen LogP contribution in [0.1, 0.15) is 41.9 Å². The van der Waals surface area contributed by atoms with Gasteiger partial charge < -0.3 is 9.73 Å². The minimum Gasteiger partial charge on any atom is -0.455 e. The van der Waals surface area contributed by atoms with Crippen molar-refractivity contribution in [2.24, 2.45) is 11.0 Å². The number of rotatable bonds is 9. The van der Waals surface area contributed by atoms with E-state index < -0.39 is 22.8 Å². The van der Waals surface area contributed by atoms with Crippen LogP contribution in [-0.2, 0) is 4.79 Å². The Morgan fingerprint density at radius 3 is 2.57 bits per heavy atom. The van der Waals surface area contributed by atoms with Crippen molar-refractivity contribution in [1.29, 1.82) is 0 Å². The van der Waals surface area contributed by atoms with E-state index in [1.54, 1.807) is 49.4 Å². The molecule has 3 aromatic rings. The zero-order valence-electron chi connectivity index (χ0n) is 19.4. The Morgan fingerprint density at radius 1 is 1.17 bits per heavy atom. The maximum absolute atomic E-state index is 12.7. The average Bonchev–Trinajstić information content (AvgIpc) is 3.26. The van der Waals surface area contributed by atoms with Crippen molar-refractivity contribution in [3.05, 3.63) is 86.6 Å². The molecule has 1 heterocycles. The smallest absolute Gasteiger partial charge is 0.269 e. The summed E-state index contributed by atoms with van der Waals surface area (Å²) in [5.74, 6) is 0.0927. The topological polar surface area (TPSA) is 127 Å². The molecule has 9 nitrogen and oxygen atoms in total. The summed E-state index contributed by atoms with van der Waals surface area (Å²) in [6.45, 7) is 5.64. The molecule has 0 unspecified atom stereocenters. The number of furan rings is 1. The monoisotopic (exact) mass is 496 g/mol. The highest BCUT2D eigenvalue weighted by atomic mass is 35.5. The van der Waals surface area contributed by atoms with Gasteiger partial charge in [0.25, 0.3) is 17.5 Å². The van der Waals surface area contributed by atoms with Gasteiger partial charge >= 0.3 is 0 Å². The summed E-state index contributed by atoms with van der Waals surface area (Å²) in [6.07, 6.45) is 1.74. The van der Waals surface area contributed by atoms with Crippen molar-refractivity contribution in [2.45, 2.75) is 33.2 Å². The molecule has 3 rings (SSSR count). The summed E-state index contributed by atoms with van der Waals surface area (Å²) in [5, 5.41) is 17.9. The van der Waals surface area contributed by atoms with Crippen LogP contribution in [-0.4, -0.2) is 29.0 Å².